The number of hydrogen-bond acceptors (Lipinski definition) is 5. The molecule has 1 aliphatic rings. The molecule has 1 aromatic heterocycles. The first-order valence-electron chi connectivity index (χ1n) is 9.05. The minimum absolute atomic E-state index is 0.252. The van der Waals surface area contributed by atoms with Crippen LogP contribution in [0.15, 0.2) is 51.9 Å². The van der Waals surface area contributed by atoms with Gasteiger partial charge < -0.3 is 4.52 Å². The summed E-state index contributed by atoms with van der Waals surface area (Å²) in [5.41, 5.74) is 2.55. The second-order valence-corrected chi connectivity index (χ2v) is 9.30. The van der Waals surface area contributed by atoms with E-state index in [0.717, 1.165) is 17.5 Å². The summed E-state index contributed by atoms with van der Waals surface area (Å²) >= 11 is 5.98. The Kier molecular flexibility index (Phi) is 4.99. The van der Waals surface area contributed by atoms with Crippen LogP contribution in [0.4, 0.5) is 0 Å². The fraction of sp³-hybridized carbons (Fsp3) is 0.300. The number of benzene rings is 2. The van der Waals surface area contributed by atoms with E-state index in [9.17, 15) is 8.42 Å². The second kappa shape index (κ2) is 7.31. The van der Waals surface area contributed by atoms with Crippen molar-refractivity contribution in [1.82, 2.24) is 14.4 Å². The van der Waals surface area contributed by atoms with Gasteiger partial charge in [-0.3, -0.25) is 0 Å². The van der Waals surface area contributed by atoms with Gasteiger partial charge in [-0.2, -0.15) is 9.29 Å². The quantitative estimate of drug-likeness (QED) is 0.623. The molecular weight excluding hydrogens is 398 g/mol. The van der Waals surface area contributed by atoms with Crippen LogP contribution < -0.4 is 0 Å². The Balaban J connectivity index is 1.67. The molecule has 3 aromatic rings. The molecule has 4 rings (SSSR count). The fourth-order valence-electron chi connectivity index (χ4n) is 3.58. The maximum atomic E-state index is 13.3. The lowest BCUT2D eigenvalue weighted by Gasteiger charge is -2.22. The molecule has 28 heavy (non-hydrogen) atoms. The van der Waals surface area contributed by atoms with Crippen LogP contribution in [-0.4, -0.2) is 29.4 Å². The third-order valence-electron chi connectivity index (χ3n) is 4.93. The third kappa shape index (κ3) is 3.45. The van der Waals surface area contributed by atoms with Crippen molar-refractivity contribution < 1.29 is 12.9 Å². The van der Waals surface area contributed by atoms with E-state index in [4.69, 9.17) is 16.1 Å². The number of hydrogen-bond donors (Lipinski definition) is 0. The standard InChI is InChI=1S/C20H20ClN3O3S/c1-13-5-3-6-15(11-13)19-22-20(27-23-19)17-7-4-10-24(17)28(25,26)18-9-8-16(21)12-14(18)2/h3,5-6,8-9,11-12,17H,4,7,10H2,1-2H3/t17-/m1/s1. The van der Waals surface area contributed by atoms with Gasteiger partial charge in [0.05, 0.1) is 4.90 Å². The van der Waals surface area contributed by atoms with Gasteiger partial charge in [-0.1, -0.05) is 40.5 Å². The summed E-state index contributed by atoms with van der Waals surface area (Å²) in [7, 11) is -3.70. The molecule has 0 bridgehead atoms. The molecule has 0 saturated carbocycles. The van der Waals surface area contributed by atoms with Gasteiger partial charge in [-0.05, 0) is 56.5 Å². The topological polar surface area (TPSA) is 76.3 Å². The lowest BCUT2D eigenvalue weighted by Crippen LogP contribution is -2.31. The number of nitrogens with zero attached hydrogens (tertiary/aromatic N) is 3. The van der Waals surface area contributed by atoms with Crippen molar-refractivity contribution >= 4 is 21.6 Å². The van der Waals surface area contributed by atoms with Gasteiger partial charge in [0.25, 0.3) is 0 Å². The molecule has 1 atom stereocenters. The molecule has 0 spiro atoms. The predicted octanol–water partition coefficient (Wildman–Crippen LogP) is 4.53. The molecule has 0 unspecified atom stereocenters. The Morgan fingerprint density at radius 1 is 1.18 bits per heavy atom. The van der Waals surface area contributed by atoms with Gasteiger partial charge in [-0.15, -0.1) is 0 Å². The predicted molar refractivity (Wildman–Crippen MR) is 107 cm³/mol. The van der Waals surface area contributed by atoms with Gasteiger partial charge in [0.1, 0.15) is 6.04 Å². The maximum absolute atomic E-state index is 13.3. The molecule has 1 aliphatic heterocycles. The number of sulfonamides is 1. The van der Waals surface area contributed by atoms with Crippen molar-refractivity contribution in [3.8, 4) is 11.4 Å². The van der Waals surface area contributed by atoms with Crippen LogP contribution >= 0.6 is 11.6 Å². The van der Waals surface area contributed by atoms with Crippen LogP contribution in [-0.2, 0) is 10.0 Å². The van der Waals surface area contributed by atoms with Crippen LogP contribution in [0.25, 0.3) is 11.4 Å². The summed E-state index contributed by atoms with van der Waals surface area (Å²) in [5.74, 6) is 0.787. The first-order valence-corrected chi connectivity index (χ1v) is 10.9. The lowest BCUT2D eigenvalue weighted by atomic mass is 10.1. The summed E-state index contributed by atoms with van der Waals surface area (Å²) in [6.45, 7) is 4.15. The molecule has 1 fully saturated rings. The Morgan fingerprint density at radius 3 is 2.75 bits per heavy atom. The molecule has 0 amide bonds. The maximum Gasteiger partial charge on any atom is 0.245 e. The molecule has 2 aromatic carbocycles. The molecule has 6 nitrogen and oxygen atoms in total. The Hall–Kier alpha value is -2.22. The summed E-state index contributed by atoms with van der Waals surface area (Å²) < 4.78 is 33.4. The van der Waals surface area contributed by atoms with Gasteiger partial charge in [-0.25, -0.2) is 8.42 Å². The first kappa shape index (κ1) is 19.1. The SMILES string of the molecule is Cc1cccc(-c2noc([C@H]3CCCN3S(=O)(=O)c3ccc(Cl)cc3C)n2)c1. The smallest absolute Gasteiger partial charge is 0.245 e. The zero-order valence-corrected chi connectivity index (χ0v) is 17.2. The van der Waals surface area contributed by atoms with Gasteiger partial charge in [0, 0.05) is 17.1 Å². The number of aryl methyl sites for hydroxylation is 2. The number of rotatable bonds is 4. The minimum atomic E-state index is -3.70. The van der Waals surface area contributed by atoms with Crippen molar-refractivity contribution in [3.63, 3.8) is 0 Å². The summed E-state index contributed by atoms with van der Waals surface area (Å²) in [4.78, 5) is 4.74. The van der Waals surface area contributed by atoms with Crippen molar-refractivity contribution in [2.45, 2.75) is 37.6 Å². The monoisotopic (exact) mass is 417 g/mol. The van der Waals surface area contributed by atoms with E-state index >= 15 is 0 Å². The average molecular weight is 418 g/mol. The summed E-state index contributed by atoms with van der Waals surface area (Å²) in [5, 5.41) is 4.57. The van der Waals surface area contributed by atoms with E-state index in [1.807, 2.05) is 31.2 Å². The number of aromatic nitrogens is 2. The highest BCUT2D eigenvalue weighted by atomic mass is 35.5. The normalized spacial score (nSPS) is 17.9. The van der Waals surface area contributed by atoms with E-state index in [2.05, 4.69) is 10.1 Å². The molecule has 0 radical (unpaired) electrons. The molecule has 1 saturated heterocycles. The van der Waals surface area contributed by atoms with Crippen LogP contribution in [0.2, 0.25) is 5.02 Å². The van der Waals surface area contributed by atoms with E-state index in [1.165, 1.54) is 4.31 Å². The van der Waals surface area contributed by atoms with Crippen molar-refractivity contribution in [3.05, 3.63) is 64.5 Å². The lowest BCUT2D eigenvalue weighted by molar-refractivity contribution is 0.290. The number of halogens is 1. The molecule has 2 heterocycles. The second-order valence-electron chi connectivity index (χ2n) is 7.01. The molecule has 0 aliphatic carbocycles. The van der Waals surface area contributed by atoms with Crippen LogP contribution in [0.3, 0.4) is 0 Å². The van der Waals surface area contributed by atoms with Crippen molar-refractivity contribution in [2.75, 3.05) is 6.54 Å². The van der Waals surface area contributed by atoms with Crippen molar-refractivity contribution in [2.24, 2.45) is 0 Å². The fourth-order valence-corrected chi connectivity index (χ4v) is 5.66. The molecule has 0 N–H and O–H groups in total. The van der Waals surface area contributed by atoms with Crippen LogP contribution in [0.1, 0.15) is 35.9 Å². The molecular formula is C20H20ClN3O3S. The Labute approximate surface area is 169 Å². The minimum Gasteiger partial charge on any atom is -0.337 e. The third-order valence-corrected chi connectivity index (χ3v) is 7.23. The van der Waals surface area contributed by atoms with E-state index in [1.54, 1.807) is 25.1 Å². The van der Waals surface area contributed by atoms with Crippen LogP contribution in [0.5, 0.6) is 0 Å². The zero-order valence-electron chi connectivity index (χ0n) is 15.6. The molecule has 8 heteroatoms. The zero-order chi connectivity index (χ0) is 19.9. The van der Waals surface area contributed by atoms with Crippen LogP contribution in [0, 0.1) is 13.8 Å². The van der Waals surface area contributed by atoms with E-state index in [0.29, 0.717) is 35.3 Å². The van der Waals surface area contributed by atoms with Gasteiger partial charge >= 0.3 is 0 Å². The molecule has 146 valence electrons. The summed E-state index contributed by atoms with van der Waals surface area (Å²) in [6.07, 6.45) is 1.38. The van der Waals surface area contributed by atoms with E-state index in [-0.39, 0.29) is 4.90 Å². The Morgan fingerprint density at radius 2 is 2.00 bits per heavy atom. The highest BCUT2D eigenvalue weighted by Gasteiger charge is 2.40. The average Bonchev–Trinajstić information content (AvgIpc) is 3.31. The Bertz CT molecular complexity index is 1130. The van der Waals surface area contributed by atoms with Crippen molar-refractivity contribution in [1.29, 1.82) is 0 Å². The highest BCUT2D eigenvalue weighted by molar-refractivity contribution is 7.89. The summed E-state index contributed by atoms with van der Waals surface area (Å²) in [6, 6.07) is 12.1. The first-order chi connectivity index (χ1) is 13.4. The highest BCUT2D eigenvalue weighted by Crippen LogP contribution is 2.37. The largest absolute Gasteiger partial charge is 0.337 e. The van der Waals surface area contributed by atoms with Gasteiger partial charge in [0.15, 0.2) is 0 Å². The van der Waals surface area contributed by atoms with Gasteiger partial charge in [0.2, 0.25) is 21.7 Å². The van der Waals surface area contributed by atoms with E-state index < -0.39 is 16.1 Å².